The summed E-state index contributed by atoms with van der Waals surface area (Å²) in [5.41, 5.74) is 6.49. The number of anilines is 1. The quantitative estimate of drug-likeness (QED) is 0.823. The van der Waals surface area contributed by atoms with Gasteiger partial charge in [0.25, 0.3) is 0 Å². The Morgan fingerprint density at radius 1 is 1.47 bits per heavy atom. The number of nitrogens with zero attached hydrogens (tertiary/aromatic N) is 4. The van der Waals surface area contributed by atoms with Crippen molar-refractivity contribution in [3.63, 3.8) is 0 Å². The molecule has 0 aliphatic carbocycles. The van der Waals surface area contributed by atoms with Crippen molar-refractivity contribution in [3.05, 3.63) is 24.0 Å². The van der Waals surface area contributed by atoms with Crippen LogP contribution in [0.2, 0.25) is 0 Å². The molecule has 1 aliphatic rings. The zero-order valence-corrected chi connectivity index (χ0v) is 10.5. The number of benzene rings is 1. The van der Waals surface area contributed by atoms with E-state index in [1.54, 1.807) is 10.7 Å². The normalized spacial score (nSPS) is 22.8. The molecular weight excluding hydrogens is 249 g/mol. The van der Waals surface area contributed by atoms with E-state index >= 15 is 0 Å². The van der Waals surface area contributed by atoms with Crippen LogP contribution < -0.4 is 5.73 Å². The second-order valence-corrected chi connectivity index (χ2v) is 4.95. The fourth-order valence-corrected chi connectivity index (χ4v) is 2.28. The van der Waals surface area contributed by atoms with Crippen LogP contribution in [0.25, 0.3) is 11.4 Å². The molecule has 1 saturated heterocycles. The number of hydrogen-bond acceptors (Lipinski definition) is 5. The Bertz CT molecular complexity index is 606. The van der Waals surface area contributed by atoms with E-state index in [1.807, 2.05) is 6.92 Å². The SMILES string of the molecule is CC1(n2nnnc2-c2ccc(F)cc2N)CCOC1. The van der Waals surface area contributed by atoms with E-state index < -0.39 is 0 Å². The molecule has 0 amide bonds. The third kappa shape index (κ3) is 1.95. The van der Waals surface area contributed by atoms with Gasteiger partial charge in [-0.05, 0) is 42.0 Å². The lowest BCUT2D eigenvalue weighted by molar-refractivity contribution is 0.155. The molecule has 100 valence electrons. The van der Waals surface area contributed by atoms with E-state index in [4.69, 9.17) is 10.5 Å². The molecule has 1 unspecified atom stereocenters. The van der Waals surface area contributed by atoms with E-state index in [1.165, 1.54) is 12.1 Å². The van der Waals surface area contributed by atoms with Gasteiger partial charge in [-0.2, -0.15) is 0 Å². The Labute approximate surface area is 109 Å². The van der Waals surface area contributed by atoms with Gasteiger partial charge in [-0.15, -0.1) is 5.10 Å². The predicted octanol–water partition coefficient (Wildman–Crippen LogP) is 1.20. The van der Waals surface area contributed by atoms with E-state index in [9.17, 15) is 4.39 Å². The Morgan fingerprint density at radius 2 is 2.32 bits per heavy atom. The maximum atomic E-state index is 13.1. The average molecular weight is 263 g/mol. The second kappa shape index (κ2) is 4.27. The van der Waals surface area contributed by atoms with Crippen LogP contribution in [0.4, 0.5) is 10.1 Å². The first-order chi connectivity index (χ1) is 9.10. The maximum Gasteiger partial charge on any atom is 0.184 e. The molecule has 3 rings (SSSR count). The molecule has 2 heterocycles. The van der Waals surface area contributed by atoms with Crippen molar-refractivity contribution in [3.8, 4) is 11.4 Å². The highest BCUT2D eigenvalue weighted by atomic mass is 19.1. The zero-order chi connectivity index (χ0) is 13.5. The summed E-state index contributed by atoms with van der Waals surface area (Å²) in [6.07, 6.45) is 0.826. The minimum Gasteiger partial charge on any atom is -0.398 e. The number of nitrogen functional groups attached to an aromatic ring is 1. The van der Waals surface area contributed by atoms with E-state index in [2.05, 4.69) is 15.5 Å². The smallest absolute Gasteiger partial charge is 0.184 e. The summed E-state index contributed by atoms with van der Waals surface area (Å²) < 4.78 is 20.2. The molecule has 2 N–H and O–H groups in total. The summed E-state index contributed by atoms with van der Waals surface area (Å²) in [7, 11) is 0. The van der Waals surface area contributed by atoms with Crippen molar-refractivity contribution in [1.29, 1.82) is 0 Å². The van der Waals surface area contributed by atoms with Gasteiger partial charge in [0.05, 0.1) is 12.1 Å². The van der Waals surface area contributed by atoms with E-state index in [0.29, 0.717) is 30.3 Å². The third-order valence-electron chi connectivity index (χ3n) is 3.43. The van der Waals surface area contributed by atoms with Gasteiger partial charge >= 0.3 is 0 Å². The highest BCUT2D eigenvalue weighted by Crippen LogP contribution is 2.32. The largest absolute Gasteiger partial charge is 0.398 e. The lowest BCUT2D eigenvalue weighted by atomic mass is 10.0. The van der Waals surface area contributed by atoms with E-state index in [-0.39, 0.29) is 11.4 Å². The maximum absolute atomic E-state index is 13.1. The minimum absolute atomic E-state index is 0.292. The topological polar surface area (TPSA) is 78.9 Å². The van der Waals surface area contributed by atoms with Crippen LogP contribution in [0.1, 0.15) is 13.3 Å². The number of hydrogen-bond donors (Lipinski definition) is 1. The van der Waals surface area contributed by atoms with Gasteiger partial charge in [0.1, 0.15) is 5.82 Å². The number of aromatic nitrogens is 4. The monoisotopic (exact) mass is 263 g/mol. The van der Waals surface area contributed by atoms with E-state index in [0.717, 1.165) is 6.42 Å². The molecule has 1 fully saturated rings. The van der Waals surface area contributed by atoms with Gasteiger partial charge in [-0.1, -0.05) is 0 Å². The number of ether oxygens (including phenoxy) is 1. The Hall–Kier alpha value is -2.02. The summed E-state index contributed by atoms with van der Waals surface area (Å²) in [4.78, 5) is 0. The summed E-state index contributed by atoms with van der Waals surface area (Å²) in [5.74, 6) is 0.154. The van der Waals surface area contributed by atoms with Gasteiger partial charge in [0.2, 0.25) is 0 Å². The van der Waals surface area contributed by atoms with Crippen molar-refractivity contribution >= 4 is 5.69 Å². The molecule has 1 aliphatic heterocycles. The Morgan fingerprint density at radius 3 is 3.00 bits per heavy atom. The fourth-order valence-electron chi connectivity index (χ4n) is 2.28. The second-order valence-electron chi connectivity index (χ2n) is 4.95. The van der Waals surface area contributed by atoms with Crippen molar-refractivity contribution in [1.82, 2.24) is 20.2 Å². The first kappa shape index (κ1) is 12.0. The first-order valence-electron chi connectivity index (χ1n) is 6.02. The van der Waals surface area contributed by atoms with Gasteiger partial charge in [0, 0.05) is 17.9 Å². The summed E-state index contributed by atoms with van der Waals surface area (Å²) >= 11 is 0. The predicted molar refractivity (Wildman–Crippen MR) is 66.7 cm³/mol. The van der Waals surface area contributed by atoms with Gasteiger partial charge < -0.3 is 10.5 Å². The van der Waals surface area contributed by atoms with Gasteiger partial charge in [-0.25, -0.2) is 9.07 Å². The first-order valence-corrected chi connectivity index (χ1v) is 6.02. The van der Waals surface area contributed by atoms with Crippen LogP contribution in [0.3, 0.4) is 0 Å². The molecule has 0 bridgehead atoms. The zero-order valence-electron chi connectivity index (χ0n) is 10.5. The summed E-state index contributed by atoms with van der Waals surface area (Å²) in [6.45, 7) is 3.25. The Kier molecular flexibility index (Phi) is 2.70. The van der Waals surface area contributed by atoms with Crippen molar-refractivity contribution in [2.75, 3.05) is 18.9 Å². The van der Waals surface area contributed by atoms with Crippen molar-refractivity contribution in [2.24, 2.45) is 0 Å². The fraction of sp³-hybridized carbons (Fsp3) is 0.417. The van der Waals surface area contributed by atoms with Crippen LogP contribution in [0, 0.1) is 5.82 Å². The molecule has 7 heteroatoms. The minimum atomic E-state index is -0.379. The van der Waals surface area contributed by atoms with Crippen LogP contribution >= 0.6 is 0 Å². The van der Waals surface area contributed by atoms with Gasteiger partial charge in [0.15, 0.2) is 5.82 Å². The van der Waals surface area contributed by atoms with Crippen LogP contribution in [0.15, 0.2) is 18.2 Å². The molecule has 0 radical (unpaired) electrons. The number of tetrazole rings is 1. The number of halogens is 1. The molecule has 2 aromatic rings. The van der Waals surface area contributed by atoms with Gasteiger partial charge in [-0.3, -0.25) is 0 Å². The standard InChI is InChI=1S/C12H14FN5O/c1-12(4-5-19-7-12)18-11(15-16-17-18)9-3-2-8(13)6-10(9)14/h2-3,6H,4-5,7,14H2,1H3. The van der Waals surface area contributed by atoms with Crippen molar-refractivity contribution in [2.45, 2.75) is 18.9 Å². The Balaban J connectivity index is 2.09. The molecule has 1 atom stereocenters. The number of rotatable bonds is 2. The highest BCUT2D eigenvalue weighted by molar-refractivity contribution is 5.71. The molecule has 6 nitrogen and oxygen atoms in total. The summed E-state index contributed by atoms with van der Waals surface area (Å²) in [5, 5.41) is 11.8. The molecule has 0 spiro atoms. The molecular formula is C12H14FN5O. The lowest BCUT2D eigenvalue weighted by Gasteiger charge is -2.23. The number of nitrogens with two attached hydrogens (primary N) is 1. The van der Waals surface area contributed by atoms with Crippen LogP contribution in [-0.4, -0.2) is 33.4 Å². The van der Waals surface area contributed by atoms with Crippen LogP contribution in [0.5, 0.6) is 0 Å². The highest BCUT2D eigenvalue weighted by Gasteiger charge is 2.35. The molecule has 0 saturated carbocycles. The van der Waals surface area contributed by atoms with Crippen LogP contribution in [-0.2, 0) is 10.3 Å². The molecule has 1 aromatic heterocycles. The molecule has 19 heavy (non-hydrogen) atoms. The average Bonchev–Trinajstić information content (AvgIpc) is 2.98. The lowest BCUT2D eigenvalue weighted by Crippen LogP contribution is -2.32. The third-order valence-corrected chi connectivity index (χ3v) is 3.43. The summed E-state index contributed by atoms with van der Waals surface area (Å²) in [6, 6.07) is 4.20. The molecule has 1 aromatic carbocycles. The van der Waals surface area contributed by atoms with Crippen molar-refractivity contribution < 1.29 is 9.13 Å².